The zero-order valence-electron chi connectivity index (χ0n) is 9.91. The number of alkyl halides is 3. The van der Waals surface area contributed by atoms with Crippen LogP contribution in [0.4, 0.5) is 23.7 Å². The van der Waals surface area contributed by atoms with Gasteiger partial charge in [-0.2, -0.15) is 13.2 Å². The van der Waals surface area contributed by atoms with E-state index >= 15 is 0 Å². The number of hydrogen-bond donors (Lipinski definition) is 2. The van der Waals surface area contributed by atoms with Gasteiger partial charge >= 0.3 is 18.1 Å². The molecule has 20 heavy (non-hydrogen) atoms. The van der Waals surface area contributed by atoms with Crippen molar-refractivity contribution >= 4 is 17.6 Å². The van der Waals surface area contributed by atoms with E-state index in [1.807, 2.05) is 0 Å². The second-order valence-electron chi connectivity index (χ2n) is 3.76. The Morgan fingerprint density at radius 2 is 1.75 bits per heavy atom. The van der Waals surface area contributed by atoms with Crippen LogP contribution in [0.2, 0.25) is 0 Å². The molecule has 1 aromatic rings. The van der Waals surface area contributed by atoms with Crippen molar-refractivity contribution in [1.82, 2.24) is 5.32 Å². The molecule has 0 aromatic heterocycles. The lowest BCUT2D eigenvalue weighted by molar-refractivity contribution is -0.172. The second-order valence-corrected chi connectivity index (χ2v) is 3.76. The van der Waals surface area contributed by atoms with Crippen molar-refractivity contribution in [2.24, 2.45) is 0 Å². The molecule has 108 valence electrons. The predicted molar refractivity (Wildman–Crippen MR) is 60.6 cm³/mol. The summed E-state index contributed by atoms with van der Waals surface area (Å²) in [6.45, 7) is 0.718. The Kier molecular flexibility index (Phi) is 3.68. The van der Waals surface area contributed by atoms with Gasteiger partial charge in [-0.25, -0.2) is 4.79 Å². The molecule has 0 radical (unpaired) electrons. The maximum Gasteiger partial charge on any atom is 0.471 e. The highest BCUT2D eigenvalue weighted by Crippen LogP contribution is 2.32. The molecule has 9 heteroatoms. The third-order valence-electron chi connectivity index (χ3n) is 2.28. The van der Waals surface area contributed by atoms with Gasteiger partial charge in [0.25, 0.3) is 0 Å². The molecular weight excluding hydrogens is 281 g/mol. The van der Waals surface area contributed by atoms with E-state index < -0.39 is 18.1 Å². The van der Waals surface area contributed by atoms with Gasteiger partial charge in [0.15, 0.2) is 11.5 Å². The molecule has 0 atom stereocenters. The monoisotopic (exact) mass is 290 g/mol. The molecule has 1 aliphatic rings. The summed E-state index contributed by atoms with van der Waals surface area (Å²) in [6.07, 6.45) is -5.12. The second kappa shape index (κ2) is 5.27. The molecule has 2 N–H and O–H groups in total. The van der Waals surface area contributed by atoms with Gasteiger partial charge in [-0.15, -0.1) is 0 Å². The lowest BCUT2D eigenvalue weighted by Crippen LogP contribution is -2.42. The molecule has 0 spiro atoms. The number of anilines is 1. The molecule has 6 nitrogen and oxygen atoms in total. The SMILES string of the molecule is O=C(NC(=O)C(F)(F)F)Nc1ccc2c(c1)OCCO2. The van der Waals surface area contributed by atoms with E-state index in [2.05, 4.69) is 5.32 Å². The van der Waals surface area contributed by atoms with Crippen molar-refractivity contribution in [1.29, 1.82) is 0 Å². The van der Waals surface area contributed by atoms with Gasteiger partial charge in [0.2, 0.25) is 0 Å². The van der Waals surface area contributed by atoms with Crippen LogP contribution in [-0.4, -0.2) is 31.3 Å². The molecule has 3 amide bonds. The summed E-state index contributed by atoms with van der Waals surface area (Å²) in [4.78, 5) is 21.8. The van der Waals surface area contributed by atoms with Crippen LogP contribution in [0.1, 0.15) is 0 Å². The number of rotatable bonds is 1. The Bertz CT molecular complexity index is 545. The average Bonchev–Trinajstić information content (AvgIpc) is 2.37. The first kappa shape index (κ1) is 14.0. The van der Waals surface area contributed by atoms with Gasteiger partial charge in [-0.1, -0.05) is 0 Å². The fraction of sp³-hybridized carbons (Fsp3) is 0.273. The lowest BCUT2D eigenvalue weighted by Gasteiger charge is -2.19. The quantitative estimate of drug-likeness (QED) is 0.825. The smallest absolute Gasteiger partial charge is 0.471 e. The number of halogens is 3. The summed E-state index contributed by atoms with van der Waals surface area (Å²) in [5.41, 5.74) is 0.168. The first-order valence-electron chi connectivity index (χ1n) is 5.45. The van der Waals surface area contributed by atoms with E-state index in [0.717, 1.165) is 5.32 Å². The highest BCUT2D eigenvalue weighted by molar-refractivity contribution is 6.03. The molecule has 0 aliphatic carbocycles. The molecule has 1 aliphatic heterocycles. The van der Waals surface area contributed by atoms with E-state index in [-0.39, 0.29) is 5.69 Å². The normalized spacial score (nSPS) is 13.6. The maximum atomic E-state index is 11.9. The highest BCUT2D eigenvalue weighted by atomic mass is 19.4. The van der Waals surface area contributed by atoms with E-state index in [0.29, 0.717) is 24.7 Å². The van der Waals surface area contributed by atoms with Crippen molar-refractivity contribution in [3.8, 4) is 11.5 Å². The number of nitrogens with one attached hydrogen (secondary N) is 2. The van der Waals surface area contributed by atoms with E-state index in [4.69, 9.17) is 9.47 Å². The number of ether oxygens (including phenoxy) is 2. The summed E-state index contributed by atoms with van der Waals surface area (Å²) in [5, 5.41) is 3.25. The fourth-order valence-corrected chi connectivity index (χ4v) is 1.46. The number of hydrogen-bond acceptors (Lipinski definition) is 4. The third kappa shape index (κ3) is 3.31. The molecule has 1 aromatic carbocycles. The number of fused-ring (bicyclic) bond motifs is 1. The topological polar surface area (TPSA) is 76.7 Å². The van der Waals surface area contributed by atoms with Crippen LogP contribution in [0.5, 0.6) is 11.5 Å². The van der Waals surface area contributed by atoms with Crippen LogP contribution in [0.25, 0.3) is 0 Å². The summed E-state index contributed by atoms with van der Waals surface area (Å²) in [7, 11) is 0. The molecular formula is C11H9F3N2O4. The van der Waals surface area contributed by atoms with Gasteiger partial charge < -0.3 is 14.8 Å². The number of imide groups is 1. The minimum absolute atomic E-state index is 0.168. The highest BCUT2D eigenvalue weighted by Gasteiger charge is 2.39. The van der Waals surface area contributed by atoms with Gasteiger partial charge in [0.1, 0.15) is 13.2 Å². The molecule has 0 saturated carbocycles. The van der Waals surface area contributed by atoms with Gasteiger partial charge in [0, 0.05) is 11.8 Å². The van der Waals surface area contributed by atoms with E-state index in [1.165, 1.54) is 18.2 Å². The standard InChI is InChI=1S/C11H9F3N2O4/c12-11(13,14)9(17)16-10(18)15-6-1-2-7-8(5-6)20-4-3-19-7/h1-2,5H,3-4H2,(H2,15,16,17,18). The molecule has 1 heterocycles. The number of benzene rings is 1. The van der Waals surface area contributed by atoms with Crippen LogP contribution >= 0.6 is 0 Å². The van der Waals surface area contributed by atoms with Crippen LogP contribution in [0, 0.1) is 0 Å². The first-order valence-corrected chi connectivity index (χ1v) is 5.45. The fourth-order valence-electron chi connectivity index (χ4n) is 1.46. The molecule has 0 unspecified atom stereocenters. The average molecular weight is 290 g/mol. The third-order valence-corrected chi connectivity index (χ3v) is 2.28. The van der Waals surface area contributed by atoms with Gasteiger partial charge in [0.05, 0.1) is 0 Å². The largest absolute Gasteiger partial charge is 0.486 e. The number of amides is 3. The molecule has 2 rings (SSSR count). The van der Waals surface area contributed by atoms with Crippen molar-refractivity contribution in [3.05, 3.63) is 18.2 Å². The van der Waals surface area contributed by atoms with Crippen molar-refractivity contribution in [3.63, 3.8) is 0 Å². The van der Waals surface area contributed by atoms with Crippen molar-refractivity contribution < 1.29 is 32.2 Å². The maximum absolute atomic E-state index is 11.9. The van der Waals surface area contributed by atoms with Crippen molar-refractivity contribution in [2.45, 2.75) is 6.18 Å². The first-order chi connectivity index (χ1) is 9.36. The predicted octanol–water partition coefficient (Wildman–Crippen LogP) is 1.67. The molecule has 0 bridgehead atoms. The van der Waals surface area contributed by atoms with Crippen molar-refractivity contribution in [2.75, 3.05) is 18.5 Å². The molecule has 0 saturated heterocycles. The van der Waals surface area contributed by atoms with Gasteiger partial charge in [-0.3, -0.25) is 10.1 Å². The Labute approximate surface area is 110 Å². The zero-order valence-corrected chi connectivity index (χ0v) is 9.91. The number of urea groups is 1. The lowest BCUT2D eigenvalue weighted by atomic mass is 10.2. The zero-order chi connectivity index (χ0) is 14.8. The Balaban J connectivity index is 2.00. The number of carbonyl (C=O) groups excluding carboxylic acids is 2. The Morgan fingerprint density at radius 1 is 1.10 bits per heavy atom. The summed E-state index contributed by atoms with van der Waals surface area (Å²) >= 11 is 0. The number of carbonyl (C=O) groups is 2. The minimum atomic E-state index is -5.12. The molecule has 0 fully saturated rings. The summed E-state index contributed by atoms with van der Waals surface area (Å²) < 4.78 is 46.3. The summed E-state index contributed by atoms with van der Waals surface area (Å²) in [5.74, 6) is -1.52. The Morgan fingerprint density at radius 3 is 2.40 bits per heavy atom. The Hall–Kier alpha value is -2.45. The summed E-state index contributed by atoms with van der Waals surface area (Å²) in [6, 6.07) is 3.00. The van der Waals surface area contributed by atoms with E-state index in [9.17, 15) is 22.8 Å². The van der Waals surface area contributed by atoms with Crippen LogP contribution < -0.4 is 20.1 Å². The minimum Gasteiger partial charge on any atom is -0.486 e. The van der Waals surface area contributed by atoms with Gasteiger partial charge in [-0.05, 0) is 12.1 Å². The van der Waals surface area contributed by atoms with Crippen LogP contribution in [-0.2, 0) is 4.79 Å². The van der Waals surface area contributed by atoms with E-state index in [1.54, 1.807) is 0 Å². The van der Waals surface area contributed by atoms with Crippen LogP contribution in [0.15, 0.2) is 18.2 Å². The van der Waals surface area contributed by atoms with Crippen LogP contribution in [0.3, 0.4) is 0 Å².